The minimum atomic E-state index is -1.23. The van der Waals surface area contributed by atoms with Crippen molar-refractivity contribution in [2.75, 3.05) is 5.73 Å². The van der Waals surface area contributed by atoms with Crippen LogP contribution < -0.4 is 5.73 Å². The van der Waals surface area contributed by atoms with Crippen molar-refractivity contribution in [1.29, 1.82) is 0 Å². The van der Waals surface area contributed by atoms with Crippen molar-refractivity contribution < 1.29 is 8.94 Å². The lowest BCUT2D eigenvalue weighted by atomic mass is 9.91. The Hall–Kier alpha value is -1.07. The SMILES string of the molecule is CC(C)(C)[S@+]([O-])N=CC[C@H](c1ccc(F)c(N)c1)C1CC1. The molecule has 2 N–H and O–H groups in total. The Kier molecular flexibility index (Phi) is 4.94. The van der Waals surface area contributed by atoms with Gasteiger partial charge in [0.2, 0.25) is 0 Å². The summed E-state index contributed by atoms with van der Waals surface area (Å²) in [5.41, 5.74) is 6.89. The molecule has 2 atom stereocenters. The van der Waals surface area contributed by atoms with Crippen molar-refractivity contribution in [3.63, 3.8) is 0 Å². The van der Waals surface area contributed by atoms with Crippen LogP contribution in [0.3, 0.4) is 0 Å². The molecule has 21 heavy (non-hydrogen) atoms. The average molecular weight is 310 g/mol. The fourth-order valence-corrected chi connectivity index (χ4v) is 2.81. The molecule has 5 heteroatoms. The lowest BCUT2D eigenvalue weighted by molar-refractivity contribution is 0.561. The van der Waals surface area contributed by atoms with E-state index in [1.165, 1.54) is 18.9 Å². The molecule has 0 spiro atoms. The molecular formula is C16H23FN2OS. The van der Waals surface area contributed by atoms with Crippen LogP contribution in [0.1, 0.15) is 51.5 Å². The van der Waals surface area contributed by atoms with E-state index in [2.05, 4.69) is 4.40 Å². The van der Waals surface area contributed by atoms with Crippen LogP contribution in [0.4, 0.5) is 10.1 Å². The quantitative estimate of drug-likeness (QED) is 0.510. The van der Waals surface area contributed by atoms with Gasteiger partial charge in [-0.1, -0.05) is 10.5 Å². The Bertz CT molecular complexity index is 523. The number of hydrogen-bond donors (Lipinski definition) is 1. The zero-order valence-electron chi connectivity index (χ0n) is 12.8. The first-order valence-electron chi connectivity index (χ1n) is 7.28. The van der Waals surface area contributed by atoms with Gasteiger partial charge in [-0.2, -0.15) is 0 Å². The lowest BCUT2D eigenvalue weighted by Crippen LogP contribution is -2.25. The molecule has 0 saturated heterocycles. The Labute approximate surface area is 129 Å². The number of nitrogen functional groups attached to an aromatic ring is 1. The van der Waals surface area contributed by atoms with Gasteiger partial charge in [-0.25, -0.2) is 4.39 Å². The van der Waals surface area contributed by atoms with E-state index in [9.17, 15) is 8.94 Å². The molecule has 116 valence electrons. The van der Waals surface area contributed by atoms with Crippen LogP contribution in [0.15, 0.2) is 22.6 Å². The van der Waals surface area contributed by atoms with Crippen molar-refractivity contribution >= 4 is 23.3 Å². The highest BCUT2D eigenvalue weighted by Gasteiger charge is 2.32. The molecule has 0 heterocycles. The zero-order valence-corrected chi connectivity index (χ0v) is 13.6. The summed E-state index contributed by atoms with van der Waals surface area (Å²) in [6.07, 6.45) is 4.83. The topological polar surface area (TPSA) is 61.4 Å². The molecular weight excluding hydrogens is 287 g/mol. The van der Waals surface area contributed by atoms with E-state index in [0.29, 0.717) is 5.92 Å². The zero-order chi connectivity index (χ0) is 15.6. The summed E-state index contributed by atoms with van der Waals surface area (Å²) in [7, 11) is 0. The van der Waals surface area contributed by atoms with Crippen molar-refractivity contribution in [3.8, 4) is 0 Å². The molecule has 1 aliphatic carbocycles. The molecule has 0 aliphatic heterocycles. The molecule has 1 fully saturated rings. The van der Waals surface area contributed by atoms with Crippen LogP contribution in [0.2, 0.25) is 0 Å². The van der Waals surface area contributed by atoms with Gasteiger partial charge in [-0.05, 0) is 69.6 Å². The molecule has 0 aromatic heterocycles. The van der Waals surface area contributed by atoms with E-state index in [1.807, 2.05) is 20.8 Å². The van der Waals surface area contributed by atoms with Crippen molar-refractivity contribution in [1.82, 2.24) is 0 Å². The van der Waals surface area contributed by atoms with E-state index in [-0.39, 0.29) is 22.2 Å². The van der Waals surface area contributed by atoms with Crippen LogP contribution in [0.25, 0.3) is 0 Å². The number of hydrogen-bond acceptors (Lipinski definition) is 3. The van der Waals surface area contributed by atoms with Crippen molar-refractivity contribution in [2.24, 2.45) is 10.3 Å². The second-order valence-corrected chi connectivity index (χ2v) is 8.54. The summed E-state index contributed by atoms with van der Waals surface area (Å²) in [4.78, 5) is 0. The highest BCUT2D eigenvalue weighted by molar-refractivity contribution is 7.91. The summed E-state index contributed by atoms with van der Waals surface area (Å²) >= 11 is -1.23. The fraction of sp³-hybridized carbons (Fsp3) is 0.562. The predicted molar refractivity (Wildman–Crippen MR) is 87.3 cm³/mol. The molecule has 0 unspecified atom stereocenters. The van der Waals surface area contributed by atoms with Crippen molar-refractivity contribution in [3.05, 3.63) is 29.6 Å². The summed E-state index contributed by atoms with van der Waals surface area (Å²) in [5.74, 6) is 0.508. The smallest absolute Gasteiger partial charge is 0.146 e. The minimum Gasteiger partial charge on any atom is -0.591 e. The molecule has 0 bridgehead atoms. The number of nitrogens with two attached hydrogens (primary N) is 1. The predicted octanol–water partition coefficient (Wildman–Crippen LogP) is 3.82. The van der Waals surface area contributed by atoms with Crippen LogP contribution in [0.5, 0.6) is 0 Å². The van der Waals surface area contributed by atoms with Crippen LogP contribution in [-0.4, -0.2) is 15.5 Å². The van der Waals surface area contributed by atoms with Gasteiger partial charge in [0.1, 0.15) is 21.9 Å². The highest BCUT2D eigenvalue weighted by atomic mass is 32.2. The Morgan fingerprint density at radius 1 is 1.48 bits per heavy atom. The first kappa shape index (κ1) is 16.3. The summed E-state index contributed by atoms with van der Waals surface area (Å²) < 4.78 is 29.0. The second-order valence-electron chi connectivity index (χ2n) is 6.61. The first-order valence-corrected chi connectivity index (χ1v) is 8.39. The van der Waals surface area contributed by atoms with Gasteiger partial charge >= 0.3 is 0 Å². The maximum atomic E-state index is 13.3. The van der Waals surface area contributed by atoms with Gasteiger partial charge in [0.15, 0.2) is 0 Å². The van der Waals surface area contributed by atoms with Gasteiger partial charge in [-0.15, -0.1) is 0 Å². The molecule has 1 aromatic rings. The standard InChI is InChI=1S/C16H23FN2OS/c1-16(2,3)21(20)19-9-8-13(11-4-5-11)12-6-7-14(17)15(18)10-12/h6-7,9-11,13H,4-5,8,18H2,1-3H3/t13-,21-/m0/s1. The van der Waals surface area contributed by atoms with Gasteiger partial charge in [0.05, 0.1) is 11.9 Å². The third-order valence-electron chi connectivity index (χ3n) is 3.69. The summed E-state index contributed by atoms with van der Waals surface area (Å²) in [5, 5.41) is 0. The monoisotopic (exact) mass is 310 g/mol. The second kappa shape index (κ2) is 6.36. The van der Waals surface area contributed by atoms with Gasteiger partial charge in [-0.3, -0.25) is 0 Å². The summed E-state index contributed by atoms with van der Waals surface area (Å²) in [6, 6.07) is 4.93. The summed E-state index contributed by atoms with van der Waals surface area (Å²) in [6.45, 7) is 5.71. The van der Waals surface area contributed by atoms with Crippen LogP contribution in [-0.2, 0) is 11.4 Å². The van der Waals surface area contributed by atoms with E-state index < -0.39 is 11.4 Å². The third kappa shape index (κ3) is 4.45. The van der Waals surface area contributed by atoms with Crippen LogP contribution >= 0.6 is 0 Å². The minimum absolute atomic E-state index is 0.188. The number of rotatable bonds is 5. The fourth-order valence-electron chi connectivity index (χ4n) is 2.27. The normalized spacial score (nSPS) is 18.9. The number of anilines is 1. The number of nitrogens with zero attached hydrogens (tertiary/aromatic N) is 1. The van der Waals surface area contributed by atoms with Crippen LogP contribution in [0, 0.1) is 11.7 Å². The Morgan fingerprint density at radius 3 is 2.67 bits per heavy atom. The van der Waals surface area contributed by atoms with Gasteiger partial charge in [0, 0.05) is 0 Å². The number of benzene rings is 1. The highest BCUT2D eigenvalue weighted by Crippen LogP contribution is 2.44. The maximum absolute atomic E-state index is 13.3. The maximum Gasteiger partial charge on any atom is 0.146 e. The molecule has 1 aromatic carbocycles. The van der Waals surface area contributed by atoms with Gasteiger partial charge < -0.3 is 10.3 Å². The average Bonchev–Trinajstić information content (AvgIpc) is 3.21. The van der Waals surface area contributed by atoms with E-state index >= 15 is 0 Å². The van der Waals surface area contributed by atoms with E-state index in [1.54, 1.807) is 18.3 Å². The number of halogens is 1. The molecule has 1 aliphatic rings. The van der Waals surface area contributed by atoms with Crippen molar-refractivity contribution in [2.45, 2.75) is 50.7 Å². The Balaban J connectivity index is 2.06. The van der Waals surface area contributed by atoms with E-state index in [0.717, 1.165) is 12.0 Å². The third-order valence-corrected chi connectivity index (χ3v) is 5.08. The molecule has 1 saturated carbocycles. The molecule has 0 radical (unpaired) electrons. The Morgan fingerprint density at radius 2 is 2.14 bits per heavy atom. The molecule has 3 nitrogen and oxygen atoms in total. The molecule has 2 rings (SSSR count). The van der Waals surface area contributed by atoms with Gasteiger partial charge in [0.25, 0.3) is 0 Å². The lowest BCUT2D eigenvalue weighted by Gasteiger charge is -2.19. The largest absolute Gasteiger partial charge is 0.591 e. The van der Waals surface area contributed by atoms with E-state index in [4.69, 9.17) is 5.73 Å². The first-order chi connectivity index (χ1) is 9.79. The molecule has 0 amide bonds.